The molecular weight excluding hydrogens is 192 g/mol. The average Bonchev–Trinajstić information content (AvgIpc) is 2.59. The Morgan fingerprint density at radius 1 is 1.71 bits per heavy atom. The molecule has 1 aromatic heterocycles. The number of thiazole rings is 1. The summed E-state index contributed by atoms with van der Waals surface area (Å²) in [6.07, 6.45) is 7.05. The van der Waals surface area contributed by atoms with Crippen LogP contribution in [0, 0.1) is 19.3 Å². The lowest BCUT2D eigenvalue weighted by atomic mass is 10.2. The molecule has 0 fully saturated rings. The van der Waals surface area contributed by atoms with Crippen LogP contribution in [0.1, 0.15) is 36.5 Å². The summed E-state index contributed by atoms with van der Waals surface area (Å²) in [5, 5.41) is 6.62. The minimum atomic E-state index is 0.331. The standard InChI is InChI=1S/C11H16N2S/c1-4-5-6-7-12-9(2)11-8-14-10(3)13-11/h1,8-9,12H,5-7H2,2-3H3. The highest BCUT2D eigenvalue weighted by Crippen LogP contribution is 2.15. The second-order valence-corrected chi connectivity index (χ2v) is 4.34. The molecule has 0 aliphatic heterocycles. The number of nitrogens with one attached hydrogen (secondary N) is 1. The van der Waals surface area contributed by atoms with Gasteiger partial charge >= 0.3 is 0 Å². The molecule has 1 unspecified atom stereocenters. The van der Waals surface area contributed by atoms with Gasteiger partial charge in [0.05, 0.1) is 10.7 Å². The van der Waals surface area contributed by atoms with Crippen LogP contribution in [-0.4, -0.2) is 11.5 Å². The van der Waals surface area contributed by atoms with Gasteiger partial charge in [0.1, 0.15) is 0 Å². The normalized spacial score (nSPS) is 12.4. The Balaban J connectivity index is 2.29. The smallest absolute Gasteiger partial charge is 0.0898 e. The number of hydrogen-bond acceptors (Lipinski definition) is 3. The number of nitrogens with zero attached hydrogens (tertiary/aromatic N) is 1. The zero-order valence-electron chi connectivity index (χ0n) is 8.71. The van der Waals surface area contributed by atoms with Gasteiger partial charge in [-0.25, -0.2) is 4.98 Å². The molecule has 0 saturated heterocycles. The average molecular weight is 208 g/mol. The van der Waals surface area contributed by atoms with Crippen LogP contribution >= 0.6 is 11.3 Å². The second kappa shape index (κ2) is 5.79. The van der Waals surface area contributed by atoms with Crippen molar-refractivity contribution in [2.45, 2.75) is 32.7 Å². The first kappa shape index (κ1) is 11.2. The zero-order chi connectivity index (χ0) is 10.4. The molecule has 1 rings (SSSR count). The molecule has 3 heteroatoms. The lowest BCUT2D eigenvalue weighted by molar-refractivity contribution is 0.553. The molecule has 0 aliphatic carbocycles. The molecule has 0 aliphatic rings. The molecule has 0 spiro atoms. The highest BCUT2D eigenvalue weighted by molar-refractivity contribution is 7.09. The van der Waals surface area contributed by atoms with E-state index in [1.807, 2.05) is 6.92 Å². The van der Waals surface area contributed by atoms with E-state index in [4.69, 9.17) is 6.42 Å². The molecule has 1 heterocycles. The minimum absolute atomic E-state index is 0.331. The van der Waals surface area contributed by atoms with Gasteiger partial charge in [0, 0.05) is 17.8 Å². The first-order valence-corrected chi connectivity index (χ1v) is 5.71. The Morgan fingerprint density at radius 3 is 3.07 bits per heavy atom. The summed E-state index contributed by atoms with van der Waals surface area (Å²) in [7, 11) is 0. The Bertz CT molecular complexity index is 311. The van der Waals surface area contributed by atoms with E-state index in [0.717, 1.165) is 30.1 Å². The molecule has 0 saturated carbocycles. The van der Waals surface area contributed by atoms with Gasteiger partial charge in [-0.3, -0.25) is 0 Å². The summed E-state index contributed by atoms with van der Waals surface area (Å²) in [4.78, 5) is 4.43. The number of unbranched alkanes of at least 4 members (excludes halogenated alkanes) is 1. The van der Waals surface area contributed by atoms with Crippen molar-refractivity contribution in [1.82, 2.24) is 10.3 Å². The Labute approximate surface area is 89.8 Å². The Morgan fingerprint density at radius 2 is 2.50 bits per heavy atom. The van der Waals surface area contributed by atoms with Crippen LogP contribution in [0.25, 0.3) is 0 Å². The topological polar surface area (TPSA) is 24.9 Å². The van der Waals surface area contributed by atoms with Gasteiger partial charge in [0.15, 0.2) is 0 Å². The van der Waals surface area contributed by atoms with Crippen molar-refractivity contribution >= 4 is 11.3 Å². The molecule has 0 amide bonds. The molecule has 0 radical (unpaired) electrons. The third-order valence-electron chi connectivity index (χ3n) is 2.03. The van der Waals surface area contributed by atoms with Crippen LogP contribution in [-0.2, 0) is 0 Å². The number of terminal acetylenes is 1. The Hall–Kier alpha value is -0.850. The van der Waals surface area contributed by atoms with Gasteiger partial charge in [-0.1, -0.05) is 0 Å². The third-order valence-corrected chi connectivity index (χ3v) is 2.82. The molecule has 1 aromatic rings. The van der Waals surface area contributed by atoms with Crippen molar-refractivity contribution in [3.8, 4) is 12.3 Å². The first-order valence-electron chi connectivity index (χ1n) is 4.83. The minimum Gasteiger partial charge on any atom is -0.309 e. The van der Waals surface area contributed by atoms with E-state index in [-0.39, 0.29) is 0 Å². The molecule has 0 bridgehead atoms. The van der Waals surface area contributed by atoms with E-state index in [0.29, 0.717) is 6.04 Å². The summed E-state index contributed by atoms with van der Waals surface area (Å²) in [5.41, 5.74) is 1.13. The van der Waals surface area contributed by atoms with Crippen molar-refractivity contribution in [3.05, 3.63) is 16.1 Å². The molecule has 0 aromatic carbocycles. The quantitative estimate of drug-likeness (QED) is 0.594. The maximum atomic E-state index is 5.17. The predicted molar refractivity (Wildman–Crippen MR) is 61.3 cm³/mol. The van der Waals surface area contributed by atoms with Crippen molar-refractivity contribution in [2.24, 2.45) is 0 Å². The van der Waals surface area contributed by atoms with Gasteiger partial charge in [0.2, 0.25) is 0 Å². The van der Waals surface area contributed by atoms with E-state index < -0.39 is 0 Å². The maximum Gasteiger partial charge on any atom is 0.0898 e. The second-order valence-electron chi connectivity index (χ2n) is 3.27. The van der Waals surface area contributed by atoms with Crippen LogP contribution in [0.2, 0.25) is 0 Å². The number of hydrogen-bond donors (Lipinski definition) is 1. The summed E-state index contributed by atoms with van der Waals surface area (Å²) in [5.74, 6) is 2.63. The van der Waals surface area contributed by atoms with Crippen LogP contribution in [0.15, 0.2) is 5.38 Å². The molecule has 1 atom stereocenters. The van der Waals surface area contributed by atoms with Crippen molar-refractivity contribution in [1.29, 1.82) is 0 Å². The summed E-state index contributed by atoms with van der Waals surface area (Å²) in [6, 6.07) is 0.331. The fourth-order valence-electron chi connectivity index (χ4n) is 1.19. The Kier molecular flexibility index (Phi) is 4.64. The van der Waals surface area contributed by atoms with Crippen LogP contribution in [0.3, 0.4) is 0 Å². The summed E-state index contributed by atoms with van der Waals surface area (Å²) >= 11 is 1.69. The van der Waals surface area contributed by atoms with Crippen molar-refractivity contribution in [2.75, 3.05) is 6.54 Å². The lowest BCUT2D eigenvalue weighted by Crippen LogP contribution is -2.19. The fourth-order valence-corrected chi connectivity index (χ4v) is 1.90. The molecule has 1 N–H and O–H groups in total. The predicted octanol–water partition coefficient (Wildman–Crippen LogP) is 2.52. The van der Waals surface area contributed by atoms with E-state index in [9.17, 15) is 0 Å². The SMILES string of the molecule is C#CCCCNC(C)c1csc(C)n1. The number of aryl methyl sites for hydroxylation is 1. The van der Waals surface area contributed by atoms with E-state index in [2.05, 4.69) is 28.5 Å². The maximum absolute atomic E-state index is 5.17. The molecule has 14 heavy (non-hydrogen) atoms. The van der Waals surface area contributed by atoms with E-state index >= 15 is 0 Å². The van der Waals surface area contributed by atoms with E-state index in [1.54, 1.807) is 11.3 Å². The van der Waals surface area contributed by atoms with Crippen LogP contribution < -0.4 is 5.32 Å². The summed E-state index contributed by atoms with van der Waals surface area (Å²) in [6.45, 7) is 5.12. The number of aromatic nitrogens is 1. The van der Waals surface area contributed by atoms with Gasteiger partial charge in [0.25, 0.3) is 0 Å². The zero-order valence-corrected chi connectivity index (χ0v) is 9.53. The molecule has 2 nitrogen and oxygen atoms in total. The summed E-state index contributed by atoms with van der Waals surface area (Å²) < 4.78 is 0. The fraction of sp³-hybridized carbons (Fsp3) is 0.545. The van der Waals surface area contributed by atoms with Crippen LogP contribution in [0.5, 0.6) is 0 Å². The van der Waals surface area contributed by atoms with Crippen molar-refractivity contribution in [3.63, 3.8) is 0 Å². The molecule has 76 valence electrons. The molecular formula is C11H16N2S. The monoisotopic (exact) mass is 208 g/mol. The van der Waals surface area contributed by atoms with Gasteiger partial charge < -0.3 is 5.32 Å². The van der Waals surface area contributed by atoms with Crippen LogP contribution in [0.4, 0.5) is 0 Å². The number of rotatable bonds is 5. The van der Waals surface area contributed by atoms with Gasteiger partial charge in [-0.05, 0) is 26.8 Å². The highest BCUT2D eigenvalue weighted by atomic mass is 32.1. The third kappa shape index (κ3) is 3.49. The van der Waals surface area contributed by atoms with Gasteiger partial charge in [-0.2, -0.15) is 0 Å². The highest BCUT2D eigenvalue weighted by Gasteiger charge is 2.06. The van der Waals surface area contributed by atoms with Crippen molar-refractivity contribution < 1.29 is 0 Å². The largest absolute Gasteiger partial charge is 0.309 e. The first-order chi connectivity index (χ1) is 6.74. The van der Waals surface area contributed by atoms with Gasteiger partial charge in [-0.15, -0.1) is 23.7 Å². The van der Waals surface area contributed by atoms with E-state index in [1.165, 1.54) is 0 Å². The lowest BCUT2D eigenvalue weighted by Gasteiger charge is -2.10.